The van der Waals surface area contributed by atoms with E-state index in [1.807, 2.05) is 0 Å². The van der Waals surface area contributed by atoms with Gasteiger partial charge in [0.2, 0.25) is 5.91 Å². The summed E-state index contributed by atoms with van der Waals surface area (Å²) in [5, 5.41) is 11.4. The summed E-state index contributed by atoms with van der Waals surface area (Å²) in [6.45, 7) is 3.50. The van der Waals surface area contributed by atoms with Gasteiger partial charge in [0, 0.05) is 4.47 Å². The van der Waals surface area contributed by atoms with Gasteiger partial charge in [-0.15, -0.1) is 6.58 Å². The van der Waals surface area contributed by atoms with E-state index in [9.17, 15) is 9.59 Å². The predicted molar refractivity (Wildman–Crippen MR) is 72.5 cm³/mol. The summed E-state index contributed by atoms with van der Waals surface area (Å²) in [7, 11) is 0. The van der Waals surface area contributed by atoms with Gasteiger partial charge in [0.25, 0.3) is 0 Å². The van der Waals surface area contributed by atoms with E-state index in [1.165, 1.54) is 18.2 Å². The number of carbonyl (C=O) groups excluding carboxylic acids is 1. The average molecular weight is 313 g/mol. The first-order valence-corrected chi connectivity index (χ1v) is 5.95. The molecule has 1 aromatic carbocycles. The molecule has 0 aliphatic carbocycles. The van der Waals surface area contributed by atoms with Crippen molar-refractivity contribution in [1.82, 2.24) is 0 Å². The minimum Gasteiger partial charge on any atom is -0.478 e. The van der Waals surface area contributed by atoms with Crippen LogP contribution in [0.2, 0.25) is 0 Å². The van der Waals surface area contributed by atoms with Crippen LogP contribution in [0.5, 0.6) is 0 Å². The Bertz CT molecular complexity index is 488. The topological polar surface area (TPSA) is 92.4 Å². The number of carbonyl (C=O) groups is 2. The second-order valence-electron chi connectivity index (χ2n) is 3.62. The normalized spacial score (nSPS) is 11.7. The summed E-state index contributed by atoms with van der Waals surface area (Å²) in [5.74, 6) is -1.38. The molecule has 0 saturated heterocycles. The first kappa shape index (κ1) is 14.4. The Labute approximate surface area is 113 Å². The van der Waals surface area contributed by atoms with E-state index in [4.69, 9.17) is 10.8 Å². The minimum absolute atomic E-state index is 0.135. The third-order valence-corrected chi connectivity index (χ3v) is 2.89. The number of nitrogens with two attached hydrogens (primary N) is 1. The molecule has 1 unspecified atom stereocenters. The summed E-state index contributed by atoms with van der Waals surface area (Å²) in [6, 6.07) is 3.65. The molecule has 0 saturated carbocycles. The number of nitrogens with one attached hydrogen (secondary N) is 1. The van der Waals surface area contributed by atoms with Crippen molar-refractivity contribution in [3.05, 3.63) is 40.9 Å². The number of benzene rings is 1. The first-order chi connectivity index (χ1) is 8.45. The van der Waals surface area contributed by atoms with Gasteiger partial charge >= 0.3 is 5.97 Å². The molecule has 0 aromatic heterocycles. The van der Waals surface area contributed by atoms with Crippen LogP contribution in [-0.4, -0.2) is 23.0 Å². The Hall–Kier alpha value is -1.66. The van der Waals surface area contributed by atoms with Crippen LogP contribution < -0.4 is 11.1 Å². The number of halogens is 1. The molecule has 0 fully saturated rings. The van der Waals surface area contributed by atoms with Crippen LogP contribution in [0, 0.1) is 0 Å². The van der Waals surface area contributed by atoms with Gasteiger partial charge in [-0.1, -0.05) is 6.08 Å². The van der Waals surface area contributed by atoms with Crippen molar-refractivity contribution in [3.8, 4) is 0 Å². The smallest absolute Gasteiger partial charge is 0.335 e. The first-order valence-electron chi connectivity index (χ1n) is 5.16. The number of amides is 1. The maximum absolute atomic E-state index is 11.7. The minimum atomic E-state index is -1.03. The number of anilines is 1. The fourth-order valence-corrected chi connectivity index (χ4v) is 1.74. The van der Waals surface area contributed by atoms with E-state index in [2.05, 4.69) is 27.8 Å². The number of hydrogen-bond acceptors (Lipinski definition) is 3. The van der Waals surface area contributed by atoms with Gasteiger partial charge in [0.05, 0.1) is 17.3 Å². The maximum Gasteiger partial charge on any atom is 0.335 e. The van der Waals surface area contributed by atoms with Gasteiger partial charge in [0.1, 0.15) is 0 Å². The van der Waals surface area contributed by atoms with E-state index in [0.29, 0.717) is 16.6 Å². The van der Waals surface area contributed by atoms with Gasteiger partial charge < -0.3 is 16.2 Å². The zero-order valence-corrected chi connectivity index (χ0v) is 11.1. The standard InChI is InChI=1S/C12H13BrN2O3/c1-2-3-9(14)11(16)15-10-5-4-7(12(17)18)6-8(10)13/h2,4-6,9H,1,3,14H2,(H,15,16)(H,17,18). The van der Waals surface area contributed by atoms with Crippen LogP contribution in [0.1, 0.15) is 16.8 Å². The van der Waals surface area contributed by atoms with Gasteiger partial charge in [0.15, 0.2) is 0 Å². The Morgan fingerprint density at radius 2 is 2.22 bits per heavy atom. The Morgan fingerprint density at radius 1 is 1.56 bits per heavy atom. The quantitative estimate of drug-likeness (QED) is 0.725. The van der Waals surface area contributed by atoms with Crippen molar-refractivity contribution in [2.24, 2.45) is 5.73 Å². The fraction of sp³-hybridized carbons (Fsp3) is 0.167. The zero-order valence-electron chi connectivity index (χ0n) is 9.52. The summed E-state index contributed by atoms with van der Waals surface area (Å²) in [6.07, 6.45) is 1.93. The van der Waals surface area contributed by atoms with Crippen molar-refractivity contribution < 1.29 is 14.7 Å². The lowest BCUT2D eigenvalue weighted by Gasteiger charge is -2.12. The highest BCUT2D eigenvalue weighted by Crippen LogP contribution is 2.23. The van der Waals surface area contributed by atoms with Gasteiger partial charge in [-0.3, -0.25) is 4.79 Å². The molecule has 1 atom stereocenters. The molecule has 6 heteroatoms. The van der Waals surface area contributed by atoms with Crippen LogP contribution in [-0.2, 0) is 4.79 Å². The van der Waals surface area contributed by atoms with Crippen LogP contribution in [0.15, 0.2) is 35.3 Å². The van der Waals surface area contributed by atoms with E-state index >= 15 is 0 Å². The number of carboxylic acid groups (broad SMARTS) is 1. The lowest BCUT2D eigenvalue weighted by molar-refractivity contribution is -0.117. The molecular formula is C12H13BrN2O3. The highest BCUT2D eigenvalue weighted by atomic mass is 79.9. The molecule has 18 heavy (non-hydrogen) atoms. The summed E-state index contributed by atoms with van der Waals surface area (Å²) >= 11 is 3.19. The molecule has 5 nitrogen and oxygen atoms in total. The number of hydrogen-bond donors (Lipinski definition) is 3. The van der Waals surface area contributed by atoms with Crippen molar-refractivity contribution in [1.29, 1.82) is 0 Å². The van der Waals surface area contributed by atoms with Gasteiger partial charge in [-0.2, -0.15) is 0 Å². The lowest BCUT2D eigenvalue weighted by Crippen LogP contribution is -2.35. The van der Waals surface area contributed by atoms with Crippen LogP contribution >= 0.6 is 15.9 Å². The van der Waals surface area contributed by atoms with Crippen molar-refractivity contribution in [2.45, 2.75) is 12.5 Å². The molecule has 1 rings (SSSR count). The molecule has 1 aromatic rings. The Morgan fingerprint density at radius 3 is 2.72 bits per heavy atom. The van der Waals surface area contributed by atoms with Crippen LogP contribution in [0.4, 0.5) is 5.69 Å². The Balaban J connectivity index is 2.82. The summed E-state index contributed by atoms with van der Waals surface area (Å²) < 4.78 is 0.488. The number of rotatable bonds is 5. The third-order valence-electron chi connectivity index (χ3n) is 2.23. The molecule has 0 spiro atoms. The molecule has 1 amide bonds. The highest BCUT2D eigenvalue weighted by molar-refractivity contribution is 9.10. The second kappa shape index (κ2) is 6.32. The molecule has 0 radical (unpaired) electrons. The zero-order chi connectivity index (χ0) is 13.7. The monoisotopic (exact) mass is 312 g/mol. The number of carboxylic acids is 1. The fourth-order valence-electron chi connectivity index (χ4n) is 1.26. The van der Waals surface area contributed by atoms with Gasteiger partial charge in [-0.25, -0.2) is 4.79 Å². The van der Waals surface area contributed by atoms with Gasteiger partial charge in [-0.05, 0) is 40.5 Å². The molecule has 96 valence electrons. The van der Waals surface area contributed by atoms with E-state index in [-0.39, 0.29) is 11.5 Å². The lowest BCUT2D eigenvalue weighted by atomic mass is 10.2. The third kappa shape index (κ3) is 3.68. The summed E-state index contributed by atoms with van der Waals surface area (Å²) in [4.78, 5) is 22.4. The maximum atomic E-state index is 11.7. The molecular weight excluding hydrogens is 300 g/mol. The molecule has 0 bridgehead atoms. The van der Waals surface area contributed by atoms with Crippen LogP contribution in [0.3, 0.4) is 0 Å². The highest BCUT2D eigenvalue weighted by Gasteiger charge is 2.14. The van der Waals surface area contributed by atoms with Crippen LogP contribution in [0.25, 0.3) is 0 Å². The summed E-state index contributed by atoms with van der Waals surface area (Å²) in [5.41, 5.74) is 6.22. The van der Waals surface area contributed by atoms with Crippen molar-refractivity contribution in [3.63, 3.8) is 0 Å². The van der Waals surface area contributed by atoms with Crippen molar-refractivity contribution >= 4 is 33.5 Å². The Kier molecular flexibility index (Phi) is 5.06. The largest absolute Gasteiger partial charge is 0.478 e. The molecule has 0 aliphatic heterocycles. The SMILES string of the molecule is C=CCC(N)C(=O)Nc1ccc(C(=O)O)cc1Br. The van der Waals surface area contributed by atoms with E-state index in [1.54, 1.807) is 6.08 Å². The number of aromatic carboxylic acids is 1. The molecule has 0 heterocycles. The van der Waals surface area contributed by atoms with Crippen molar-refractivity contribution in [2.75, 3.05) is 5.32 Å². The average Bonchev–Trinajstić information content (AvgIpc) is 2.31. The van der Waals surface area contributed by atoms with E-state index < -0.39 is 12.0 Å². The molecule has 4 N–H and O–H groups in total. The van der Waals surface area contributed by atoms with E-state index in [0.717, 1.165) is 0 Å². The second-order valence-corrected chi connectivity index (χ2v) is 4.47. The predicted octanol–water partition coefficient (Wildman–Crippen LogP) is 1.99. The molecule has 0 aliphatic rings.